The summed E-state index contributed by atoms with van der Waals surface area (Å²) in [5, 5.41) is 3.14. The molecule has 1 rings (SSSR count). The smallest absolute Gasteiger partial charge is 0.133 e. The lowest BCUT2D eigenvalue weighted by Crippen LogP contribution is -2.11. The van der Waals surface area contributed by atoms with Crippen LogP contribution >= 0.6 is 0 Å². The summed E-state index contributed by atoms with van der Waals surface area (Å²) >= 11 is 0. The highest BCUT2D eigenvalue weighted by Gasteiger charge is 2.00. The first-order valence-electron chi connectivity index (χ1n) is 3.62. The Morgan fingerprint density at radius 2 is 2.55 bits per heavy atom. The lowest BCUT2D eigenvalue weighted by atomic mass is 10.2. The molecule has 0 fully saturated rings. The minimum Gasteiger partial charge on any atom is -0.467 e. The van der Waals surface area contributed by atoms with Crippen LogP contribution in [0.3, 0.4) is 0 Å². The van der Waals surface area contributed by atoms with Crippen LogP contribution in [0.25, 0.3) is 0 Å². The minimum absolute atomic E-state index is 0.711. The molecule has 0 bridgehead atoms. The predicted molar refractivity (Wildman–Crippen MR) is 44.0 cm³/mol. The summed E-state index contributed by atoms with van der Waals surface area (Å²) in [4.78, 5) is 0. The summed E-state index contributed by atoms with van der Waals surface area (Å²) < 4.78 is 5.15. The molecule has 0 spiro atoms. The summed E-state index contributed by atoms with van der Waals surface area (Å²) in [5.41, 5.74) is 0.839. The van der Waals surface area contributed by atoms with E-state index in [0.717, 1.165) is 17.9 Å². The Kier molecular flexibility index (Phi) is 2.76. The summed E-state index contributed by atoms with van der Waals surface area (Å²) in [6.45, 7) is 3.67. The van der Waals surface area contributed by atoms with Crippen LogP contribution in [-0.2, 0) is 6.54 Å². The first kappa shape index (κ1) is 7.90. The molecular formula is C9H11NO. The van der Waals surface area contributed by atoms with Crippen molar-refractivity contribution in [1.29, 1.82) is 0 Å². The Balaban J connectivity index is 2.63. The maximum absolute atomic E-state index is 5.23. The maximum atomic E-state index is 5.23. The largest absolute Gasteiger partial charge is 0.467 e. The first-order chi connectivity index (χ1) is 5.38. The molecule has 2 nitrogen and oxygen atoms in total. The monoisotopic (exact) mass is 149 g/mol. The molecule has 0 aliphatic rings. The highest BCUT2D eigenvalue weighted by atomic mass is 16.3. The van der Waals surface area contributed by atoms with Crippen molar-refractivity contribution in [3.8, 4) is 12.3 Å². The topological polar surface area (TPSA) is 25.2 Å². The molecule has 0 aromatic carbocycles. The van der Waals surface area contributed by atoms with Gasteiger partial charge in [-0.3, -0.25) is 0 Å². The number of nitrogens with one attached hydrogen (secondary N) is 1. The van der Waals surface area contributed by atoms with Gasteiger partial charge in [0, 0.05) is 0 Å². The molecule has 2 heteroatoms. The average Bonchev–Trinajstić information content (AvgIpc) is 2.47. The van der Waals surface area contributed by atoms with E-state index in [2.05, 4.69) is 11.2 Å². The van der Waals surface area contributed by atoms with E-state index < -0.39 is 0 Å². The van der Waals surface area contributed by atoms with Crippen LogP contribution in [0.2, 0.25) is 0 Å². The molecule has 1 N–H and O–H groups in total. The fraction of sp³-hybridized carbons (Fsp3) is 0.333. The fourth-order valence-corrected chi connectivity index (χ4v) is 0.845. The molecule has 1 aromatic rings. The van der Waals surface area contributed by atoms with Crippen molar-refractivity contribution >= 4 is 0 Å². The number of terminal acetylenes is 1. The molecule has 0 saturated carbocycles. The maximum Gasteiger partial charge on any atom is 0.133 e. The van der Waals surface area contributed by atoms with Gasteiger partial charge in [0.1, 0.15) is 5.76 Å². The molecule has 58 valence electrons. The van der Waals surface area contributed by atoms with Crippen molar-refractivity contribution in [2.24, 2.45) is 0 Å². The van der Waals surface area contributed by atoms with Gasteiger partial charge in [0.05, 0.1) is 18.4 Å². The molecule has 0 radical (unpaired) electrons. The van der Waals surface area contributed by atoms with E-state index in [0.29, 0.717) is 6.54 Å². The van der Waals surface area contributed by atoms with E-state index in [1.807, 2.05) is 6.92 Å². The second kappa shape index (κ2) is 3.85. The Bertz CT molecular complexity index is 257. The van der Waals surface area contributed by atoms with Gasteiger partial charge in [0.2, 0.25) is 0 Å². The standard InChI is InChI=1S/C9H11NO/c1-3-8-5-6-11-9(8)7-10-4-2/h1,5-6,10H,4,7H2,2H3. The quantitative estimate of drug-likeness (QED) is 0.656. The Morgan fingerprint density at radius 3 is 3.18 bits per heavy atom. The summed E-state index contributed by atoms with van der Waals surface area (Å²) in [6, 6.07) is 1.80. The van der Waals surface area contributed by atoms with E-state index in [-0.39, 0.29) is 0 Å². The van der Waals surface area contributed by atoms with Gasteiger partial charge in [-0.05, 0) is 12.6 Å². The van der Waals surface area contributed by atoms with Crippen LogP contribution in [0, 0.1) is 12.3 Å². The van der Waals surface area contributed by atoms with Gasteiger partial charge < -0.3 is 9.73 Å². The number of furan rings is 1. The zero-order chi connectivity index (χ0) is 8.10. The first-order valence-corrected chi connectivity index (χ1v) is 3.62. The molecule has 0 aliphatic carbocycles. The molecular weight excluding hydrogens is 138 g/mol. The Labute approximate surface area is 66.6 Å². The summed E-state index contributed by atoms with van der Waals surface area (Å²) in [6.07, 6.45) is 6.84. The lowest BCUT2D eigenvalue weighted by Gasteiger charge is -1.96. The molecule has 0 saturated heterocycles. The molecule has 1 aromatic heterocycles. The van der Waals surface area contributed by atoms with Gasteiger partial charge in [-0.25, -0.2) is 0 Å². The second-order valence-corrected chi connectivity index (χ2v) is 2.18. The number of hydrogen-bond donors (Lipinski definition) is 1. The van der Waals surface area contributed by atoms with Gasteiger partial charge >= 0.3 is 0 Å². The molecule has 11 heavy (non-hydrogen) atoms. The van der Waals surface area contributed by atoms with E-state index in [1.165, 1.54) is 0 Å². The Morgan fingerprint density at radius 1 is 1.73 bits per heavy atom. The van der Waals surface area contributed by atoms with E-state index in [4.69, 9.17) is 10.8 Å². The van der Waals surface area contributed by atoms with Gasteiger partial charge in [0.15, 0.2) is 0 Å². The van der Waals surface area contributed by atoms with Crippen molar-refractivity contribution in [2.45, 2.75) is 13.5 Å². The summed E-state index contributed by atoms with van der Waals surface area (Å²) in [5.74, 6) is 3.39. The van der Waals surface area contributed by atoms with Gasteiger partial charge in [-0.15, -0.1) is 6.42 Å². The van der Waals surface area contributed by atoms with E-state index >= 15 is 0 Å². The van der Waals surface area contributed by atoms with Crippen molar-refractivity contribution in [3.05, 3.63) is 23.7 Å². The number of rotatable bonds is 3. The van der Waals surface area contributed by atoms with Crippen LogP contribution in [0.1, 0.15) is 18.2 Å². The van der Waals surface area contributed by atoms with Crippen LogP contribution in [0.5, 0.6) is 0 Å². The third-order valence-corrected chi connectivity index (χ3v) is 1.44. The van der Waals surface area contributed by atoms with Gasteiger partial charge in [-0.2, -0.15) is 0 Å². The minimum atomic E-state index is 0.711. The molecule has 0 aliphatic heterocycles. The van der Waals surface area contributed by atoms with E-state index in [1.54, 1.807) is 12.3 Å². The normalized spacial score (nSPS) is 9.45. The SMILES string of the molecule is C#Cc1ccoc1CNCC. The average molecular weight is 149 g/mol. The highest BCUT2D eigenvalue weighted by Crippen LogP contribution is 2.07. The van der Waals surface area contributed by atoms with Crippen LogP contribution < -0.4 is 5.32 Å². The van der Waals surface area contributed by atoms with E-state index in [9.17, 15) is 0 Å². The summed E-state index contributed by atoms with van der Waals surface area (Å²) in [7, 11) is 0. The van der Waals surface area contributed by atoms with Crippen LogP contribution in [-0.4, -0.2) is 6.54 Å². The number of hydrogen-bond acceptors (Lipinski definition) is 2. The lowest BCUT2D eigenvalue weighted by molar-refractivity contribution is 0.486. The van der Waals surface area contributed by atoms with Crippen molar-refractivity contribution < 1.29 is 4.42 Å². The molecule has 0 amide bonds. The Hall–Kier alpha value is -1.20. The van der Waals surface area contributed by atoms with Gasteiger partial charge in [0.25, 0.3) is 0 Å². The zero-order valence-corrected chi connectivity index (χ0v) is 6.55. The van der Waals surface area contributed by atoms with Crippen molar-refractivity contribution in [3.63, 3.8) is 0 Å². The third kappa shape index (κ3) is 1.86. The molecule has 0 atom stereocenters. The predicted octanol–water partition coefficient (Wildman–Crippen LogP) is 1.37. The highest BCUT2D eigenvalue weighted by molar-refractivity contribution is 5.33. The zero-order valence-electron chi connectivity index (χ0n) is 6.55. The fourth-order valence-electron chi connectivity index (χ4n) is 0.845. The van der Waals surface area contributed by atoms with Crippen LogP contribution in [0.15, 0.2) is 16.7 Å². The van der Waals surface area contributed by atoms with Gasteiger partial charge in [-0.1, -0.05) is 12.8 Å². The van der Waals surface area contributed by atoms with Crippen molar-refractivity contribution in [2.75, 3.05) is 6.54 Å². The second-order valence-electron chi connectivity index (χ2n) is 2.18. The molecule has 1 heterocycles. The molecule has 0 unspecified atom stereocenters. The van der Waals surface area contributed by atoms with Crippen molar-refractivity contribution in [1.82, 2.24) is 5.32 Å². The third-order valence-electron chi connectivity index (χ3n) is 1.44. The van der Waals surface area contributed by atoms with Crippen LogP contribution in [0.4, 0.5) is 0 Å².